The second-order valence-corrected chi connectivity index (χ2v) is 4.75. The number of hydrogen-bond donors (Lipinski definition) is 2. The standard InChI is InChI=1S/C10H14BrN3O2/c11-8-5-12-7-13-9(8)14-10(6-15)1-3-16-4-2-10/h5,7,15H,1-4,6H2,(H,12,13,14). The monoisotopic (exact) mass is 287 g/mol. The summed E-state index contributed by atoms with van der Waals surface area (Å²) in [5, 5.41) is 12.8. The third-order valence-corrected chi connectivity index (χ3v) is 3.38. The molecule has 0 radical (unpaired) electrons. The highest BCUT2D eigenvalue weighted by Crippen LogP contribution is 2.27. The molecule has 2 rings (SSSR count). The average molecular weight is 288 g/mol. The number of hydrogen-bond acceptors (Lipinski definition) is 5. The molecule has 0 aliphatic carbocycles. The van der Waals surface area contributed by atoms with E-state index in [9.17, 15) is 5.11 Å². The van der Waals surface area contributed by atoms with E-state index >= 15 is 0 Å². The van der Waals surface area contributed by atoms with Crippen molar-refractivity contribution >= 4 is 21.7 Å². The summed E-state index contributed by atoms with van der Waals surface area (Å²) in [5.74, 6) is 0.714. The summed E-state index contributed by atoms with van der Waals surface area (Å²) in [7, 11) is 0. The van der Waals surface area contributed by atoms with Gasteiger partial charge in [-0.15, -0.1) is 0 Å². The summed E-state index contributed by atoms with van der Waals surface area (Å²) >= 11 is 3.38. The Labute approximate surface area is 102 Å². The van der Waals surface area contributed by atoms with E-state index in [0.717, 1.165) is 17.3 Å². The maximum absolute atomic E-state index is 9.52. The van der Waals surface area contributed by atoms with E-state index in [1.807, 2.05) is 0 Å². The molecule has 1 saturated heterocycles. The minimum Gasteiger partial charge on any atom is -0.394 e. The summed E-state index contributed by atoms with van der Waals surface area (Å²) in [4.78, 5) is 8.05. The van der Waals surface area contributed by atoms with Crippen molar-refractivity contribution in [1.82, 2.24) is 9.97 Å². The number of nitrogens with zero attached hydrogens (tertiary/aromatic N) is 2. The van der Waals surface area contributed by atoms with Gasteiger partial charge < -0.3 is 15.2 Å². The van der Waals surface area contributed by atoms with E-state index in [4.69, 9.17) is 4.74 Å². The smallest absolute Gasteiger partial charge is 0.144 e. The molecule has 0 bridgehead atoms. The first-order valence-electron chi connectivity index (χ1n) is 5.18. The molecule has 1 fully saturated rings. The zero-order valence-electron chi connectivity index (χ0n) is 8.82. The molecule has 0 saturated carbocycles. The quantitative estimate of drug-likeness (QED) is 0.874. The van der Waals surface area contributed by atoms with Crippen LogP contribution in [0.15, 0.2) is 17.0 Å². The van der Waals surface area contributed by atoms with E-state index in [-0.39, 0.29) is 12.1 Å². The fraction of sp³-hybridized carbons (Fsp3) is 0.600. The maximum Gasteiger partial charge on any atom is 0.144 e. The van der Waals surface area contributed by atoms with E-state index < -0.39 is 0 Å². The molecule has 0 aromatic carbocycles. The van der Waals surface area contributed by atoms with Crippen molar-refractivity contribution in [2.24, 2.45) is 0 Å². The van der Waals surface area contributed by atoms with Gasteiger partial charge in [-0.2, -0.15) is 0 Å². The number of anilines is 1. The maximum atomic E-state index is 9.52. The molecule has 1 aliphatic heterocycles. The van der Waals surface area contributed by atoms with Crippen LogP contribution < -0.4 is 5.32 Å². The fourth-order valence-electron chi connectivity index (χ4n) is 1.74. The first-order chi connectivity index (χ1) is 7.76. The van der Waals surface area contributed by atoms with Crippen LogP contribution in [0.3, 0.4) is 0 Å². The lowest BCUT2D eigenvalue weighted by atomic mass is 9.91. The molecule has 0 spiro atoms. The average Bonchev–Trinajstić information content (AvgIpc) is 2.33. The summed E-state index contributed by atoms with van der Waals surface area (Å²) in [6.45, 7) is 1.40. The Bertz CT molecular complexity index is 356. The van der Waals surface area contributed by atoms with Gasteiger partial charge in [0.15, 0.2) is 0 Å². The molecule has 2 heterocycles. The van der Waals surface area contributed by atoms with Crippen molar-refractivity contribution in [2.75, 3.05) is 25.1 Å². The Hall–Kier alpha value is -0.720. The highest BCUT2D eigenvalue weighted by Gasteiger charge is 2.32. The summed E-state index contributed by atoms with van der Waals surface area (Å²) in [6.07, 6.45) is 4.72. The van der Waals surface area contributed by atoms with Gasteiger partial charge in [-0.25, -0.2) is 9.97 Å². The van der Waals surface area contributed by atoms with Gasteiger partial charge in [-0.3, -0.25) is 0 Å². The molecule has 5 nitrogen and oxygen atoms in total. The van der Waals surface area contributed by atoms with Crippen molar-refractivity contribution in [3.05, 3.63) is 17.0 Å². The molecule has 88 valence electrons. The van der Waals surface area contributed by atoms with Crippen LogP contribution in [-0.2, 0) is 4.74 Å². The van der Waals surface area contributed by atoms with Crippen molar-refractivity contribution in [2.45, 2.75) is 18.4 Å². The van der Waals surface area contributed by atoms with E-state index in [0.29, 0.717) is 19.0 Å². The Morgan fingerprint density at radius 3 is 2.88 bits per heavy atom. The first kappa shape index (κ1) is 11.8. The third kappa shape index (κ3) is 2.50. The topological polar surface area (TPSA) is 67.3 Å². The second-order valence-electron chi connectivity index (χ2n) is 3.90. The van der Waals surface area contributed by atoms with Gasteiger partial charge in [0.2, 0.25) is 0 Å². The van der Waals surface area contributed by atoms with Gasteiger partial charge in [0.1, 0.15) is 12.1 Å². The number of nitrogens with one attached hydrogen (secondary N) is 1. The molecule has 1 aromatic rings. The van der Waals surface area contributed by atoms with Crippen molar-refractivity contribution < 1.29 is 9.84 Å². The van der Waals surface area contributed by atoms with Gasteiger partial charge in [0.25, 0.3) is 0 Å². The summed E-state index contributed by atoms with van der Waals surface area (Å²) in [5.41, 5.74) is -0.324. The molecule has 2 N–H and O–H groups in total. The van der Waals surface area contributed by atoms with E-state index in [1.165, 1.54) is 6.33 Å². The first-order valence-corrected chi connectivity index (χ1v) is 5.97. The van der Waals surface area contributed by atoms with Crippen molar-refractivity contribution in [1.29, 1.82) is 0 Å². The Morgan fingerprint density at radius 1 is 1.50 bits per heavy atom. The molecule has 16 heavy (non-hydrogen) atoms. The summed E-state index contributed by atoms with van der Waals surface area (Å²) < 4.78 is 6.10. The van der Waals surface area contributed by atoms with Gasteiger partial charge >= 0.3 is 0 Å². The van der Waals surface area contributed by atoms with Gasteiger partial charge in [0.05, 0.1) is 16.6 Å². The van der Waals surface area contributed by atoms with Gasteiger partial charge in [-0.1, -0.05) is 0 Å². The Kier molecular flexibility index (Phi) is 3.73. The van der Waals surface area contributed by atoms with Crippen molar-refractivity contribution in [3.8, 4) is 0 Å². The molecule has 0 unspecified atom stereocenters. The molecule has 6 heteroatoms. The summed E-state index contributed by atoms with van der Waals surface area (Å²) in [6, 6.07) is 0. The Morgan fingerprint density at radius 2 is 2.25 bits per heavy atom. The number of rotatable bonds is 3. The lowest BCUT2D eigenvalue weighted by molar-refractivity contribution is 0.0378. The lowest BCUT2D eigenvalue weighted by Crippen LogP contribution is -2.47. The van der Waals surface area contributed by atoms with Crippen LogP contribution >= 0.6 is 15.9 Å². The van der Waals surface area contributed by atoms with Crippen LogP contribution in [-0.4, -0.2) is 40.4 Å². The molecule has 1 aromatic heterocycles. The van der Waals surface area contributed by atoms with Crippen LogP contribution in [0.1, 0.15) is 12.8 Å². The van der Waals surface area contributed by atoms with Crippen LogP contribution in [0, 0.1) is 0 Å². The van der Waals surface area contributed by atoms with E-state index in [1.54, 1.807) is 6.20 Å². The van der Waals surface area contributed by atoms with Crippen LogP contribution in [0.2, 0.25) is 0 Å². The fourth-order valence-corrected chi connectivity index (χ4v) is 2.06. The largest absolute Gasteiger partial charge is 0.394 e. The van der Waals surface area contributed by atoms with Gasteiger partial charge in [0, 0.05) is 19.4 Å². The van der Waals surface area contributed by atoms with Crippen LogP contribution in [0.4, 0.5) is 5.82 Å². The molecular formula is C10H14BrN3O2. The lowest BCUT2D eigenvalue weighted by Gasteiger charge is -2.36. The highest BCUT2D eigenvalue weighted by molar-refractivity contribution is 9.10. The van der Waals surface area contributed by atoms with Crippen LogP contribution in [0.25, 0.3) is 0 Å². The second kappa shape index (κ2) is 5.07. The number of ether oxygens (including phenoxy) is 1. The molecular weight excluding hydrogens is 274 g/mol. The molecule has 1 aliphatic rings. The Balaban J connectivity index is 2.15. The zero-order chi connectivity index (χ0) is 11.4. The number of aliphatic hydroxyl groups is 1. The minimum absolute atomic E-state index is 0.0762. The molecule has 0 atom stereocenters. The van der Waals surface area contributed by atoms with Gasteiger partial charge in [-0.05, 0) is 28.8 Å². The zero-order valence-corrected chi connectivity index (χ0v) is 10.4. The SMILES string of the molecule is OCC1(Nc2ncncc2Br)CCOCC1. The van der Waals surface area contributed by atoms with Crippen molar-refractivity contribution in [3.63, 3.8) is 0 Å². The minimum atomic E-state index is -0.324. The van der Waals surface area contributed by atoms with E-state index in [2.05, 4.69) is 31.2 Å². The molecule has 0 amide bonds. The number of halogens is 1. The highest BCUT2D eigenvalue weighted by atomic mass is 79.9. The van der Waals surface area contributed by atoms with Crippen LogP contribution in [0.5, 0.6) is 0 Å². The predicted molar refractivity (Wildman–Crippen MR) is 63.2 cm³/mol. The number of aliphatic hydroxyl groups excluding tert-OH is 1. The predicted octanol–water partition coefficient (Wildman–Crippen LogP) is 1.19. The normalized spacial score (nSPS) is 19.4. The third-order valence-electron chi connectivity index (χ3n) is 2.80. The number of aromatic nitrogens is 2.